The minimum atomic E-state index is -0.757. The van der Waals surface area contributed by atoms with Crippen molar-refractivity contribution in [3.8, 4) is 0 Å². The van der Waals surface area contributed by atoms with Crippen molar-refractivity contribution in [2.24, 2.45) is 22.7 Å². The number of carbonyl (C=O) groups excluding carboxylic acids is 1. The summed E-state index contributed by atoms with van der Waals surface area (Å²) in [5, 5.41) is 0. The summed E-state index contributed by atoms with van der Waals surface area (Å²) >= 11 is 0. The van der Waals surface area contributed by atoms with E-state index in [4.69, 9.17) is 14.5 Å². The maximum absolute atomic E-state index is 13.3. The van der Waals surface area contributed by atoms with Crippen LogP contribution < -0.4 is 0 Å². The maximum Gasteiger partial charge on any atom is 0.350 e. The molecule has 1 aliphatic carbocycles. The lowest BCUT2D eigenvalue weighted by molar-refractivity contribution is -0.165. The molecule has 0 spiro atoms. The number of rotatable bonds is 5. The van der Waals surface area contributed by atoms with Crippen LogP contribution >= 0.6 is 0 Å². The lowest BCUT2D eigenvalue weighted by Gasteiger charge is -2.37. The molecule has 0 bridgehead atoms. The Balaban J connectivity index is 1.57. The predicted octanol–water partition coefficient (Wildman–Crippen LogP) is 5.58. The van der Waals surface area contributed by atoms with Gasteiger partial charge >= 0.3 is 5.97 Å². The molecule has 2 aliphatic rings. The molecule has 2 aromatic carbocycles. The van der Waals surface area contributed by atoms with Gasteiger partial charge in [-0.25, -0.2) is 9.79 Å². The molecule has 2 aromatic rings. The van der Waals surface area contributed by atoms with Crippen molar-refractivity contribution < 1.29 is 14.3 Å². The third-order valence-corrected chi connectivity index (χ3v) is 6.40. The molecule has 2 unspecified atom stereocenters. The molecular formula is C26H31NO3. The number of esters is 1. The van der Waals surface area contributed by atoms with Gasteiger partial charge in [0.1, 0.15) is 12.1 Å². The van der Waals surface area contributed by atoms with Gasteiger partial charge in [0.05, 0.1) is 0 Å². The normalized spacial score (nSPS) is 28.7. The number of benzene rings is 2. The summed E-state index contributed by atoms with van der Waals surface area (Å²) in [5.41, 5.74) is 1.84. The Labute approximate surface area is 179 Å². The Bertz CT molecular complexity index is 878. The summed E-state index contributed by atoms with van der Waals surface area (Å²) in [7, 11) is 0. The first-order valence-corrected chi connectivity index (χ1v) is 11.1. The number of aliphatic imine (C=N–C) groups is 1. The number of ether oxygens (including phenoxy) is 2. The second kappa shape index (κ2) is 9.03. The summed E-state index contributed by atoms with van der Waals surface area (Å²) in [6.07, 6.45) is 2.42. The average molecular weight is 406 g/mol. The third-order valence-electron chi connectivity index (χ3n) is 6.40. The zero-order valence-corrected chi connectivity index (χ0v) is 18.0. The van der Waals surface area contributed by atoms with E-state index >= 15 is 0 Å². The van der Waals surface area contributed by atoms with E-state index < -0.39 is 12.1 Å². The highest BCUT2D eigenvalue weighted by Crippen LogP contribution is 2.37. The van der Waals surface area contributed by atoms with Gasteiger partial charge in [-0.15, -0.1) is 0 Å². The lowest BCUT2D eigenvalue weighted by atomic mass is 9.75. The quantitative estimate of drug-likeness (QED) is 0.610. The van der Waals surface area contributed by atoms with E-state index in [0.29, 0.717) is 23.7 Å². The van der Waals surface area contributed by atoms with Crippen molar-refractivity contribution in [1.82, 2.24) is 0 Å². The monoisotopic (exact) mass is 405 g/mol. The van der Waals surface area contributed by atoms with E-state index in [2.05, 4.69) is 20.8 Å². The molecule has 0 amide bonds. The highest BCUT2D eigenvalue weighted by atomic mass is 16.6. The molecule has 0 aromatic heterocycles. The second-order valence-corrected chi connectivity index (χ2v) is 9.00. The second-order valence-electron chi connectivity index (χ2n) is 9.00. The molecule has 30 heavy (non-hydrogen) atoms. The van der Waals surface area contributed by atoms with Crippen LogP contribution in [0, 0.1) is 17.8 Å². The first kappa shape index (κ1) is 20.6. The van der Waals surface area contributed by atoms with Crippen LogP contribution in [0.3, 0.4) is 0 Å². The van der Waals surface area contributed by atoms with E-state index in [9.17, 15) is 4.79 Å². The molecule has 4 heteroatoms. The number of hydrogen-bond donors (Lipinski definition) is 0. The Morgan fingerprint density at radius 1 is 1.03 bits per heavy atom. The van der Waals surface area contributed by atoms with Crippen LogP contribution in [0.15, 0.2) is 65.7 Å². The molecule has 1 heterocycles. The topological polar surface area (TPSA) is 47.9 Å². The van der Waals surface area contributed by atoms with Crippen molar-refractivity contribution in [2.75, 3.05) is 0 Å². The van der Waals surface area contributed by atoms with Crippen LogP contribution in [0.2, 0.25) is 0 Å². The first-order valence-electron chi connectivity index (χ1n) is 11.1. The molecule has 1 aliphatic heterocycles. The average Bonchev–Trinajstić information content (AvgIpc) is 3.20. The van der Waals surface area contributed by atoms with Gasteiger partial charge in [-0.2, -0.15) is 0 Å². The summed E-state index contributed by atoms with van der Waals surface area (Å²) in [4.78, 5) is 18.1. The van der Waals surface area contributed by atoms with Gasteiger partial charge in [-0.1, -0.05) is 75.7 Å². The Morgan fingerprint density at radius 3 is 2.37 bits per heavy atom. The third kappa shape index (κ3) is 4.43. The minimum Gasteiger partial charge on any atom is -0.459 e. The molecule has 1 fully saturated rings. The number of nitrogens with zero attached hydrogens (tertiary/aromatic N) is 1. The van der Waals surface area contributed by atoms with Crippen LogP contribution in [0.4, 0.5) is 0 Å². The minimum absolute atomic E-state index is 0.0537. The van der Waals surface area contributed by atoms with Crippen molar-refractivity contribution in [2.45, 2.75) is 58.3 Å². The largest absolute Gasteiger partial charge is 0.459 e. The van der Waals surface area contributed by atoms with Gasteiger partial charge in [0.2, 0.25) is 12.0 Å². The molecule has 4 rings (SSSR count). The van der Waals surface area contributed by atoms with Gasteiger partial charge in [0, 0.05) is 5.56 Å². The van der Waals surface area contributed by atoms with Crippen molar-refractivity contribution in [3.05, 3.63) is 71.8 Å². The van der Waals surface area contributed by atoms with Gasteiger partial charge in [-0.05, 0) is 48.3 Å². The van der Waals surface area contributed by atoms with E-state index in [1.54, 1.807) is 0 Å². The molecular weight excluding hydrogens is 374 g/mol. The van der Waals surface area contributed by atoms with Gasteiger partial charge < -0.3 is 9.47 Å². The molecule has 0 saturated heterocycles. The van der Waals surface area contributed by atoms with Crippen molar-refractivity contribution >= 4 is 11.9 Å². The molecule has 158 valence electrons. The molecule has 4 nitrogen and oxygen atoms in total. The lowest BCUT2D eigenvalue weighted by Crippen LogP contribution is -2.39. The molecule has 0 radical (unpaired) electrons. The molecule has 5 atom stereocenters. The Morgan fingerprint density at radius 2 is 1.70 bits per heavy atom. The van der Waals surface area contributed by atoms with E-state index in [0.717, 1.165) is 24.0 Å². The van der Waals surface area contributed by atoms with Crippen LogP contribution in [-0.4, -0.2) is 24.1 Å². The highest BCUT2D eigenvalue weighted by molar-refractivity contribution is 5.98. The standard InChI is InChI=1S/C26H31NO3/c1-17(2)21-15-14-18(3)16-22(21)29-26(28)24-23(19-10-6-4-7-11-19)27-25(30-24)20-12-8-5-9-13-20/h4-13,17-18,21-24H,14-16H2,1-3H3/t18-,21+,22-,23?,24?/m0/s1. The van der Waals surface area contributed by atoms with Crippen LogP contribution in [0.25, 0.3) is 0 Å². The summed E-state index contributed by atoms with van der Waals surface area (Å²) in [6, 6.07) is 19.2. The van der Waals surface area contributed by atoms with E-state index in [1.807, 2.05) is 60.7 Å². The van der Waals surface area contributed by atoms with E-state index in [1.165, 1.54) is 6.42 Å². The van der Waals surface area contributed by atoms with Gasteiger partial charge in [0.15, 0.2) is 0 Å². The Hall–Kier alpha value is -2.62. The summed E-state index contributed by atoms with van der Waals surface area (Å²) < 4.78 is 12.2. The van der Waals surface area contributed by atoms with Gasteiger partial charge in [-0.3, -0.25) is 0 Å². The van der Waals surface area contributed by atoms with Crippen LogP contribution in [0.5, 0.6) is 0 Å². The van der Waals surface area contributed by atoms with Gasteiger partial charge in [0.25, 0.3) is 0 Å². The van der Waals surface area contributed by atoms with Crippen LogP contribution in [-0.2, 0) is 14.3 Å². The fourth-order valence-corrected chi connectivity index (χ4v) is 4.68. The zero-order valence-electron chi connectivity index (χ0n) is 18.0. The van der Waals surface area contributed by atoms with E-state index in [-0.39, 0.29) is 12.1 Å². The smallest absolute Gasteiger partial charge is 0.350 e. The fourth-order valence-electron chi connectivity index (χ4n) is 4.68. The summed E-state index contributed by atoms with van der Waals surface area (Å²) in [6.45, 7) is 6.68. The summed E-state index contributed by atoms with van der Waals surface area (Å²) in [5.74, 6) is 1.66. The maximum atomic E-state index is 13.3. The highest BCUT2D eigenvalue weighted by Gasteiger charge is 2.42. The van der Waals surface area contributed by atoms with Crippen molar-refractivity contribution in [1.29, 1.82) is 0 Å². The predicted molar refractivity (Wildman–Crippen MR) is 118 cm³/mol. The van der Waals surface area contributed by atoms with Crippen molar-refractivity contribution in [3.63, 3.8) is 0 Å². The number of carbonyl (C=O) groups is 1. The van der Waals surface area contributed by atoms with Crippen LogP contribution in [0.1, 0.15) is 57.2 Å². The number of hydrogen-bond acceptors (Lipinski definition) is 4. The Kier molecular flexibility index (Phi) is 6.21. The first-order chi connectivity index (χ1) is 14.5. The molecule has 0 N–H and O–H groups in total. The molecule has 1 saturated carbocycles. The zero-order chi connectivity index (χ0) is 21.1. The SMILES string of the molecule is CC(C)[C@H]1CC[C@H](C)C[C@@H]1OC(=O)C1OC(c2ccccc2)=NC1c1ccccc1. The fraction of sp³-hybridized carbons (Fsp3) is 0.462.